The summed E-state index contributed by atoms with van der Waals surface area (Å²) in [7, 11) is 0. The number of halogens is 3. The van der Waals surface area contributed by atoms with Gasteiger partial charge in [-0.3, -0.25) is 9.59 Å². The molecule has 0 spiro atoms. The van der Waals surface area contributed by atoms with Crippen LogP contribution in [0.5, 0.6) is 0 Å². The minimum atomic E-state index is -4.59. The summed E-state index contributed by atoms with van der Waals surface area (Å²) < 4.78 is 47.7. The quantitative estimate of drug-likeness (QED) is 0.506. The van der Waals surface area contributed by atoms with E-state index in [1.165, 1.54) is 24.4 Å². The monoisotopic (exact) mass is 504 g/mol. The summed E-state index contributed by atoms with van der Waals surface area (Å²) in [6.07, 6.45) is 0.817. The predicted octanol–water partition coefficient (Wildman–Crippen LogP) is 4.11. The lowest BCUT2D eigenvalue weighted by Crippen LogP contribution is -2.43. The van der Waals surface area contributed by atoms with Gasteiger partial charge in [-0.1, -0.05) is 18.2 Å². The van der Waals surface area contributed by atoms with Gasteiger partial charge in [0.05, 0.1) is 22.8 Å². The maximum absolute atomic E-state index is 13.4. The van der Waals surface area contributed by atoms with Crippen LogP contribution < -0.4 is 11.1 Å². The number of nitrogens with zero attached hydrogens (tertiary/aromatic N) is 4. The molecule has 1 atom stereocenters. The first-order chi connectivity index (χ1) is 17.1. The minimum Gasteiger partial charge on any atom is -0.383 e. The lowest BCUT2D eigenvalue weighted by molar-refractivity contribution is -0.145. The molecule has 4 rings (SSSR count). The van der Waals surface area contributed by atoms with E-state index < -0.39 is 29.6 Å². The van der Waals surface area contributed by atoms with Crippen LogP contribution in [0, 0.1) is 0 Å². The van der Waals surface area contributed by atoms with Crippen LogP contribution in [0.25, 0.3) is 10.9 Å². The highest BCUT2D eigenvalue weighted by Crippen LogP contribution is 2.33. The Labute approximate surface area is 205 Å². The molecule has 0 aliphatic carbocycles. The van der Waals surface area contributed by atoms with Crippen LogP contribution in [-0.2, 0) is 27.0 Å². The molecule has 0 bridgehead atoms. The van der Waals surface area contributed by atoms with Gasteiger partial charge in [-0.2, -0.15) is 18.3 Å². The molecule has 1 unspecified atom stereocenters. The third-order valence-corrected chi connectivity index (χ3v) is 6.04. The molecule has 3 heterocycles. The molecule has 9 nitrogen and oxygen atoms in total. The fraction of sp³-hybridized carbons (Fsp3) is 0.417. The maximum atomic E-state index is 13.4. The second-order valence-electron chi connectivity index (χ2n) is 8.89. The largest absolute Gasteiger partial charge is 0.416 e. The van der Waals surface area contributed by atoms with Crippen LogP contribution in [0.2, 0.25) is 0 Å². The summed E-state index contributed by atoms with van der Waals surface area (Å²) >= 11 is 0. The molecule has 0 saturated carbocycles. The number of nitrogen functional groups attached to an aromatic ring is 1. The van der Waals surface area contributed by atoms with Crippen LogP contribution in [0.4, 0.5) is 24.7 Å². The fourth-order valence-corrected chi connectivity index (χ4v) is 4.13. The highest BCUT2D eigenvalue weighted by molar-refractivity contribution is 6.40. The molecule has 1 aliphatic heterocycles. The van der Waals surface area contributed by atoms with Gasteiger partial charge in [0.25, 0.3) is 0 Å². The number of nitrogens with one attached hydrogen (secondary N) is 1. The van der Waals surface area contributed by atoms with Crippen molar-refractivity contribution in [1.29, 1.82) is 0 Å². The Morgan fingerprint density at radius 1 is 1.28 bits per heavy atom. The number of anilines is 2. The number of hydrogen-bond donors (Lipinski definition) is 2. The maximum Gasteiger partial charge on any atom is 0.416 e. The topological polar surface area (TPSA) is 115 Å². The van der Waals surface area contributed by atoms with Crippen molar-refractivity contribution in [1.82, 2.24) is 19.7 Å². The second kappa shape index (κ2) is 10.1. The summed E-state index contributed by atoms with van der Waals surface area (Å²) in [5.41, 5.74) is 5.52. The van der Waals surface area contributed by atoms with Crippen LogP contribution in [0.3, 0.4) is 0 Å². The number of ether oxygens (including phenoxy) is 1. The van der Waals surface area contributed by atoms with Crippen molar-refractivity contribution in [3.63, 3.8) is 0 Å². The molecule has 1 fully saturated rings. The van der Waals surface area contributed by atoms with E-state index in [0.717, 1.165) is 30.2 Å². The molecular formula is C24H27F3N6O3. The van der Waals surface area contributed by atoms with Gasteiger partial charge in [-0.25, -0.2) is 9.67 Å². The second-order valence-corrected chi connectivity index (χ2v) is 8.89. The Hall–Kier alpha value is -3.67. The normalized spacial score (nSPS) is 16.3. The molecule has 1 aromatic carbocycles. The number of amides is 2. The Kier molecular flexibility index (Phi) is 7.16. The molecule has 1 saturated heterocycles. The van der Waals surface area contributed by atoms with Gasteiger partial charge >= 0.3 is 18.0 Å². The molecule has 3 N–H and O–H groups in total. The number of nitrogens with two attached hydrogens (primary N) is 1. The average Bonchev–Trinajstić information content (AvgIpc) is 3.30. The van der Waals surface area contributed by atoms with Crippen molar-refractivity contribution >= 4 is 34.2 Å². The van der Waals surface area contributed by atoms with Gasteiger partial charge in [0.2, 0.25) is 0 Å². The molecular weight excluding hydrogens is 477 g/mol. The van der Waals surface area contributed by atoms with E-state index in [1.807, 2.05) is 0 Å². The van der Waals surface area contributed by atoms with E-state index in [1.54, 1.807) is 24.7 Å². The summed E-state index contributed by atoms with van der Waals surface area (Å²) in [6.45, 7) is 3.46. The first-order valence-corrected chi connectivity index (χ1v) is 11.6. The Balaban J connectivity index is 1.58. The zero-order valence-electron chi connectivity index (χ0n) is 19.9. The Morgan fingerprint density at radius 2 is 2.03 bits per heavy atom. The number of aromatic nitrogens is 3. The number of alkyl halides is 3. The number of benzene rings is 1. The SMILES string of the molecule is CC(C)N(Cc1ccccc1C(F)(F)F)C(=O)C(=O)Nc1cnc(N)c2cn(C3CCCCO3)nc12. The zero-order chi connectivity index (χ0) is 26.0. The van der Waals surface area contributed by atoms with E-state index >= 15 is 0 Å². The Morgan fingerprint density at radius 3 is 2.69 bits per heavy atom. The third kappa shape index (κ3) is 5.27. The smallest absolute Gasteiger partial charge is 0.383 e. The van der Waals surface area contributed by atoms with Crippen LogP contribution in [0.1, 0.15) is 50.5 Å². The number of carbonyl (C=O) groups excluding carboxylic acids is 2. The average molecular weight is 505 g/mol. The summed E-state index contributed by atoms with van der Waals surface area (Å²) in [5, 5.41) is 7.49. The first kappa shape index (κ1) is 25.4. The molecule has 2 aromatic heterocycles. The molecule has 36 heavy (non-hydrogen) atoms. The van der Waals surface area contributed by atoms with Crippen LogP contribution >= 0.6 is 0 Å². The molecule has 0 radical (unpaired) electrons. The Bertz CT molecular complexity index is 1270. The van der Waals surface area contributed by atoms with E-state index in [2.05, 4.69) is 15.4 Å². The van der Waals surface area contributed by atoms with E-state index in [-0.39, 0.29) is 29.8 Å². The fourth-order valence-electron chi connectivity index (χ4n) is 4.13. The molecule has 2 amide bonds. The minimum absolute atomic E-state index is 0.109. The van der Waals surface area contributed by atoms with E-state index in [0.29, 0.717) is 17.5 Å². The van der Waals surface area contributed by atoms with Gasteiger partial charge in [0.1, 0.15) is 17.6 Å². The zero-order valence-corrected chi connectivity index (χ0v) is 19.9. The number of pyridine rings is 1. The summed E-state index contributed by atoms with van der Waals surface area (Å²) in [4.78, 5) is 31.1. The van der Waals surface area contributed by atoms with Gasteiger partial charge in [0.15, 0.2) is 0 Å². The number of fused-ring (bicyclic) bond motifs is 1. The molecule has 12 heteroatoms. The molecule has 192 valence electrons. The third-order valence-electron chi connectivity index (χ3n) is 6.04. The van der Waals surface area contributed by atoms with Crippen molar-refractivity contribution in [3.05, 3.63) is 47.8 Å². The first-order valence-electron chi connectivity index (χ1n) is 11.6. The molecule has 3 aromatic rings. The molecule has 1 aliphatic rings. The van der Waals surface area contributed by atoms with Crippen molar-refractivity contribution in [2.75, 3.05) is 17.7 Å². The van der Waals surface area contributed by atoms with E-state index in [9.17, 15) is 22.8 Å². The lowest BCUT2D eigenvalue weighted by Gasteiger charge is -2.27. The highest BCUT2D eigenvalue weighted by atomic mass is 19.4. The van der Waals surface area contributed by atoms with Gasteiger partial charge in [-0.05, 0) is 44.7 Å². The van der Waals surface area contributed by atoms with Crippen molar-refractivity contribution in [3.8, 4) is 0 Å². The van der Waals surface area contributed by atoms with Crippen LogP contribution in [-0.4, -0.2) is 44.1 Å². The van der Waals surface area contributed by atoms with Gasteiger partial charge in [0, 0.05) is 25.4 Å². The predicted molar refractivity (Wildman–Crippen MR) is 127 cm³/mol. The number of rotatable bonds is 5. The number of hydrogen-bond acceptors (Lipinski definition) is 6. The highest BCUT2D eigenvalue weighted by Gasteiger charge is 2.35. The summed E-state index contributed by atoms with van der Waals surface area (Å²) in [6, 6.07) is 4.42. The van der Waals surface area contributed by atoms with Gasteiger partial charge < -0.3 is 20.7 Å². The van der Waals surface area contributed by atoms with Gasteiger partial charge in [-0.15, -0.1) is 0 Å². The van der Waals surface area contributed by atoms with Crippen molar-refractivity contribution in [2.45, 2.75) is 58.1 Å². The lowest BCUT2D eigenvalue weighted by atomic mass is 10.1. The van der Waals surface area contributed by atoms with E-state index in [4.69, 9.17) is 10.5 Å². The number of carbonyl (C=O) groups is 2. The van der Waals surface area contributed by atoms with Crippen molar-refractivity contribution < 1.29 is 27.5 Å². The van der Waals surface area contributed by atoms with Crippen molar-refractivity contribution in [2.24, 2.45) is 0 Å². The standard InChI is InChI=1S/C24H27F3N6O3/c1-14(2)32(12-15-7-3-4-8-17(15)24(25,26)27)23(35)22(34)30-18-11-29-21(28)16-13-33(31-20(16)18)19-9-5-6-10-36-19/h3-4,7-8,11,13-14,19H,5-6,9-10,12H2,1-2H3,(H2,28,29)(H,30,34). The van der Waals surface area contributed by atoms with Crippen LogP contribution in [0.15, 0.2) is 36.7 Å². The summed E-state index contributed by atoms with van der Waals surface area (Å²) in [5.74, 6) is -1.81.